The summed E-state index contributed by atoms with van der Waals surface area (Å²) < 4.78 is 16.5. The van der Waals surface area contributed by atoms with Gasteiger partial charge in [-0.15, -0.1) is 0 Å². The Kier molecular flexibility index (Phi) is 7.53. The second-order valence-corrected chi connectivity index (χ2v) is 6.67. The molecular weight excluding hydrogens is 412 g/mol. The first-order chi connectivity index (χ1) is 15.5. The van der Waals surface area contributed by atoms with E-state index >= 15 is 0 Å². The molecule has 0 aliphatic heterocycles. The van der Waals surface area contributed by atoms with Gasteiger partial charge in [-0.3, -0.25) is 4.79 Å². The number of rotatable bonds is 10. The van der Waals surface area contributed by atoms with Crippen LogP contribution < -0.4 is 14.2 Å². The molecule has 8 nitrogen and oxygen atoms in total. The fraction of sp³-hybridized carbons (Fsp3) is 0.167. The number of carbonyl (C=O) groups excluding carboxylic acids is 1. The second-order valence-electron chi connectivity index (χ2n) is 6.67. The van der Waals surface area contributed by atoms with Crippen molar-refractivity contribution in [1.82, 2.24) is 9.97 Å². The maximum Gasteiger partial charge on any atom is 0.328 e. The average Bonchev–Trinajstić information content (AvgIpc) is 2.82. The monoisotopic (exact) mass is 434 g/mol. The fourth-order valence-electron chi connectivity index (χ4n) is 2.81. The molecule has 0 bridgehead atoms. The number of hydrogen-bond donors (Lipinski definition) is 1. The number of benzene rings is 2. The number of ether oxygens (including phenoxy) is 3. The SMILES string of the molecule is COc1c(/C=C/C(=O)O)cccc1OCC(=O)C(C)Oc1cnc(-c2ccccc2)cn1. The number of aromatic nitrogens is 2. The Morgan fingerprint density at radius 2 is 1.84 bits per heavy atom. The number of nitrogens with zero attached hydrogens (tertiary/aromatic N) is 2. The first kappa shape index (κ1) is 22.5. The highest BCUT2D eigenvalue weighted by Crippen LogP contribution is 2.32. The van der Waals surface area contributed by atoms with Crippen LogP contribution in [-0.2, 0) is 9.59 Å². The molecule has 8 heteroatoms. The van der Waals surface area contributed by atoms with E-state index in [1.165, 1.54) is 19.4 Å². The van der Waals surface area contributed by atoms with Crippen LogP contribution in [0.5, 0.6) is 17.4 Å². The van der Waals surface area contributed by atoms with Gasteiger partial charge in [-0.25, -0.2) is 14.8 Å². The van der Waals surface area contributed by atoms with Gasteiger partial charge in [0.25, 0.3) is 0 Å². The highest BCUT2D eigenvalue weighted by atomic mass is 16.5. The Hall–Kier alpha value is -4.20. The van der Waals surface area contributed by atoms with Crippen LogP contribution >= 0.6 is 0 Å². The maximum atomic E-state index is 12.5. The van der Waals surface area contributed by atoms with Gasteiger partial charge < -0.3 is 19.3 Å². The van der Waals surface area contributed by atoms with Gasteiger partial charge in [-0.1, -0.05) is 42.5 Å². The quantitative estimate of drug-likeness (QED) is 0.482. The standard InChI is InChI=1S/C24H22N2O6/c1-16(32-22-14-25-19(13-26-22)17-7-4-3-5-8-17)20(27)15-31-21-10-6-9-18(24(21)30-2)11-12-23(28)29/h3-14,16H,15H2,1-2H3,(H,28,29)/b12-11+. The Morgan fingerprint density at radius 3 is 2.50 bits per heavy atom. The Labute approximate surface area is 185 Å². The number of methoxy groups -OCH3 is 1. The number of carboxylic acids is 1. The molecule has 1 atom stereocenters. The Morgan fingerprint density at radius 1 is 1.06 bits per heavy atom. The van der Waals surface area contributed by atoms with E-state index in [1.807, 2.05) is 30.3 Å². The molecule has 1 N–H and O–H groups in total. The lowest BCUT2D eigenvalue weighted by Gasteiger charge is -2.15. The normalized spacial score (nSPS) is 11.7. The van der Waals surface area contributed by atoms with Crippen LogP contribution in [0, 0.1) is 0 Å². The van der Waals surface area contributed by atoms with Gasteiger partial charge in [0, 0.05) is 17.2 Å². The van der Waals surface area contributed by atoms with Crippen LogP contribution in [0.25, 0.3) is 17.3 Å². The number of hydrogen-bond acceptors (Lipinski definition) is 7. The number of aliphatic carboxylic acids is 1. The minimum atomic E-state index is -1.08. The van der Waals surface area contributed by atoms with Crippen molar-refractivity contribution >= 4 is 17.8 Å². The lowest BCUT2D eigenvalue weighted by molar-refractivity contribution is -0.131. The molecule has 0 amide bonds. The molecule has 0 spiro atoms. The van der Waals surface area contributed by atoms with Crippen LogP contribution in [0.1, 0.15) is 12.5 Å². The van der Waals surface area contributed by atoms with Crippen LogP contribution in [0.2, 0.25) is 0 Å². The van der Waals surface area contributed by atoms with Crippen molar-refractivity contribution in [2.45, 2.75) is 13.0 Å². The van der Waals surface area contributed by atoms with Crippen molar-refractivity contribution < 1.29 is 28.9 Å². The van der Waals surface area contributed by atoms with Gasteiger partial charge >= 0.3 is 5.97 Å². The highest BCUT2D eigenvalue weighted by Gasteiger charge is 2.18. The van der Waals surface area contributed by atoms with Crippen molar-refractivity contribution in [3.8, 4) is 28.6 Å². The van der Waals surface area contributed by atoms with E-state index in [1.54, 1.807) is 31.3 Å². The molecule has 0 aliphatic rings. The van der Waals surface area contributed by atoms with Crippen LogP contribution in [0.4, 0.5) is 0 Å². The summed E-state index contributed by atoms with van der Waals surface area (Å²) in [6.45, 7) is 1.33. The van der Waals surface area contributed by atoms with E-state index in [2.05, 4.69) is 9.97 Å². The minimum absolute atomic E-state index is 0.226. The third-order valence-corrected chi connectivity index (χ3v) is 4.44. The molecule has 0 fully saturated rings. The zero-order valence-electron chi connectivity index (χ0n) is 17.6. The number of carbonyl (C=O) groups is 2. The average molecular weight is 434 g/mol. The van der Waals surface area contributed by atoms with Gasteiger partial charge in [0.15, 0.2) is 24.2 Å². The predicted octanol–water partition coefficient (Wildman–Crippen LogP) is 3.67. The molecule has 0 saturated carbocycles. The number of Topliss-reactive ketones (excluding diaryl/α,β-unsaturated/α-hetero) is 1. The number of carboxylic acid groups (broad SMARTS) is 1. The van der Waals surface area contributed by atoms with E-state index in [0.717, 1.165) is 11.6 Å². The molecule has 164 valence electrons. The molecule has 0 aliphatic carbocycles. The van der Waals surface area contributed by atoms with Gasteiger partial charge in [0.2, 0.25) is 11.7 Å². The van der Waals surface area contributed by atoms with Crippen molar-refractivity contribution in [2.75, 3.05) is 13.7 Å². The summed E-state index contributed by atoms with van der Waals surface area (Å²) >= 11 is 0. The Balaban J connectivity index is 1.60. The van der Waals surface area contributed by atoms with Crippen LogP contribution in [0.3, 0.4) is 0 Å². The highest BCUT2D eigenvalue weighted by molar-refractivity contribution is 5.86. The Bertz CT molecular complexity index is 1100. The number of ketones is 1. The molecule has 3 aromatic rings. The predicted molar refractivity (Wildman–Crippen MR) is 118 cm³/mol. The molecule has 2 aromatic carbocycles. The molecule has 1 heterocycles. The molecule has 32 heavy (non-hydrogen) atoms. The minimum Gasteiger partial charge on any atom is -0.492 e. The van der Waals surface area contributed by atoms with Crippen molar-refractivity contribution in [3.05, 3.63) is 72.6 Å². The topological polar surface area (TPSA) is 108 Å². The van der Waals surface area contributed by atoms with Crippen LogP contribution in [-0.4, -0.2) is 46.6 Å². The summed E-state index contributed by atoms with van der Waals surface area (Å²) in [6.07, 6.45) is 4.62. The maximum absolute atomic E-state index is 12.5. The summed E-state index contributed by atoms with van der Waals surface area (Å²) in [5.41, 5.74) is 2.14. The number of para-hydroxylation sites is 1. The molecule has 1 aromatic heterocycles. The zero-order valence-corrected chi connectivity index (χ0v) is 17.6. The van der Waals surface area contributed by atoms with Crippen LogP contribution in [0.15, 0.2) is 67.0 Å². The summed E-state index contributed by atoms with van der Waals surface area (Å²) in [5.74, 6) is -0.530. The van der Waals surface area contributed by atoms with E-state index in [-0.39, 0.29) is 18.3 Å². The van der Waals surface area contributed by atoms with E-state index in [0.29, 0.717) is 22.8 Å². The van der Waals surface area contributed by atoms with Gasteiger partial charge in [0.1, 0.15) is 0 Å². The smallest absolute Gasteiger partial charge is 0.328 e. The van der Waals surface area contributed by atoms with Gasteiger partial charge in [-0.2, -0.15) is 0 Å². The molecule has 3 rings (SSSR count). The third kappa shape index (κ3) is 5.91. The molecular formula is C24H22N2O6. The molecule has 0 saturated heterocycles. The third-order valence-electron chi connectivity index (χ3n) is 4.44. The fourth-order valence-corrected chi connectivity index (χ4v) is 2.81. The lowest BCUT2D eigenvalue weighted by Crippen LogP contribution is -2.29. The molecule has 0 radical (unpaired) electrons. The van der Waals surface area contributed by atoms with E-state index < -0.39 is 12.1 Å². The van der Waals surface area contributed by atoms with E-state index in [4.69, 9.17) is 19.3 Å². The first-order valence-electron chi connectivity index (χ1n) is 9.75. The van der Waals surface area contributed by atoms with Crippen molar-refractivity contribution in [2.24, 2.45) is 0 Å². The summed E-state index contributed by atoms with van der Waals surface area (Å²) in [5, 5.41) is 8.81. The summed E-state index contributed by atoms with van der Waals surface area (Å²) in [7, 11) is 1.44. The van der Waals surface area contributed by atoms with E-state index in [9.17, 15) is 9.59 Å². The second kappa shape index (κ2) is 10.7. The summed E-state index contributed by atoms with van der Waals surface area (Å²) in [6, 6.07) is 14.6. The largest absolute Gasteiger partial charge is 0.492 e. The van der Waals surface area contributed by atoms with Crippen molar-refractivity contribution in [1.29, 1.82) is 0 Å². The van der Waals surface area contributed by atoms with Gasteiger partial charge in [0.05, 0.1) is 25.2 Å². The summed E-state index contributed by atoms with van der Waals surface area (Å²) in [4.78, 5) is 31.8. The zero-order chi connectivity index (χ0) is 22.9. The van der Waals surface area contributed by atoms with Gasteiger partial charge in [-0.05, 0) is 19.1 Å². The lowest BCUT2D eigenvalue weighted by atomic mass is 10.1. The van der Waals surface area contributed by atoms with Crippen molar-refractivity contribution in [3.63, 3.8) is 0 Å². The molecule has 1 unspecified atom stereocenters. The first-order valence-corrected chi connectivity index (χ1v) is 9.75.